The molecule has 5 rings (SSSR count). The third-order valence-corrected chi connectivity index (χ3v) is 7.13. The Bertz CT molecular complexity index is 1580. The first kappa shape index (κ1) is 29.9. The minimum Gasteiger partial charge on any atom is -0.444 e. The van der Waals surface area contributed by atoms with E-state index in [1.165, 1.54) is 0 Å². The quantitative estimate of drug-likeness (QED) is 0.407. The van der Waals surface area contributed by atoms with E-state index in [-0.39, 0.29) is 17.5 Å². The second kappa shape index (κ2) is 11.6. The number of aliphatic imine (C=N–C) groups is 1. The molecule has 43 heavy (non-hydrogen) atoms. The van der Waals surface area contributed by atoms with E-state index in [2.05, 4.69) is 37.2 Å². The Labute approximate surface area is 252 Å². The highest BCUT2D eigenvalue weighted by Gasteiger charge is 2.27. The van der Waals surface area contributed by atoms with Gasteiger partial charge in [0.15, 0.2) is 5.82 Å². The molecule has 0 saturated carbocycles. The fourth-order valence-corrected chi connectivity index (χ4v) is 4.79. The van der Waals surface area contributed by atoms with Crippen LogP contribution in [0.1, 0.15) is 74.3 Å². The maximum absolute atomic E-state index is 12.7. The Morgan fingerprint density at radius 3 is 2.58 bits per heavy atom. The van der Waals surface area contributed by atoms with Crippen molar-refractivity contribution >= 4 is 29.4 Å². The zero-order chi connectivity index (χ0) is 30.9. The molecule has 2 aliphatic rings. The summed E-state index contributed by atoms with van der Waals surface area (Å²) in [4.78, 5) is 31.5. The van der Waals surface area contributed by atoms with Gasteiger partial charge in [-0.1, -0.05) is 12.1 Å². The van der Waals surface area contributed by atoms with Gasteiger partial charge < -0.3 is 25.6 Å². The average Bonchev–Trinajstić information content (AvgIpc) is 3.58. The van der Waals surface area contributed by atoms with Crippen LogP contribution in [0.5, 0.6) is 0 Å². The lowest BCUT2D eigenvalue weighted by Crippen LogP contribution is -2.41. The topological polar surface area (TPSA) is 131 Å². The number of amides is 2. The van der Waals surface area contributed by atoms with Crippen LogP contribution in [0.15, 0.2) is 47.7 Å². The lowest BCUT2D eigenvalue weighted by molar-refractivity contribution is 0.0194. The van der Waals surface area contributed by atoms with Gasteiger partial charge in [0.2, 0.25) is 0 Å². The molecular formula is C31H41N9O3. The first-order valence-electron chi connectivity index (χ1n) is 14.5. The Morgan fingerprint density at radius 1 is 1.09 bits per heavy atom. The number of rotatable bonds is 5. The summed E-state index contributed by atoms with van der Waals surface area (Å²) in [6.45, 7) is 16.2. The van der Waals surface area contributed by atoms with Crippen LogP contribution >= 0.6 is 0 Å². The second-order valence-corrected chi connectivity index (χ2v) is 12.9. The number of hydrogen-bond acceptors (Lipinski definition) is 8. The Kier molecular flexibility index (Phi) is 8.04. The largest absolute Gasteiger partial charge is 0.444 e. The summed E-state index contributed by atoms with van der Waals surface area (Å²) in [6, 6.07) is 8.11. The summed E-state index contributed by atoms with van der Waals surface area (Å²) in [5.41, 5.74) is 4.81. The third kappa shape index (κ3) is 7.25. The van der Waals surface area contributed by atoms with Gasteiger partial charge in [0.25, 0.3) is 5.91 Å². The van der Waals surface area contributed by atoms with Crippen LogP contribution in [-0.2, 0) is 29.9 Å². The van der Waals surface area contributed by atoms with E-state index in [1.807, 2.05) is 77.4 Å². The fourth-order valence-electron chi connectivity index (χ4n) is 4.79. The lowest BCUT2D eigenvalue weighted by atomic mass is 10.0. The number of hydrogen-bond donors (Lipinski definition) is 3. The van der Waals surface area contributed by atoms with Gasteiger partial charge in [0, 0.05) is 37.1 Å². The highest BCUT2D eigenvalue weighted by molar-refractivity contribution is 6.08. The average molecular weight is 588 g/mol. The van der Waals surface area contributed by atoms with Crippen LogP contribution in [0.3, 0.4) is 0 Å². The van der Waals surface area contributed by atoms with E-state index in [9.17, 15) is 9.59 Å². The monoisotopic (exact) mass is 587 g/mol. The van der Waals surface area contributed by atoms with Crippen molar-refractivity contribution in [1.82, 2.24) is 35.1 Å². The number of nitrogens with one attached hydrogen (secondary N) is 3. The van der Waals surface area contributed by atoms with E-state index < -0.39 is 5.60 Å². The smallest absolute Gasteiger partial charge is 0.410 e. The van der Waals surface area contributed by atoms with E-state index in [0.29, 0.717) is 50.1 Å². The second-order valence-electron chi connectivity index (χ2n) is 12.9. The molecular weight excluding hydrogens is 546 g/mol. The van der Waals surface area contributed by atoms with Gasteiger partial charge in [-0.2, -0.15) is 10.2 Å². The van der Waals surface area contributed by atoms with Crippen molar-refractivity contribution in [2.45, 2.75) is 79.2 Å². The summed E-state index contributed by atoms with van der Waals surface area (Å²) in [5, 5.41) is 18.6. The number of carbonyl (C=O) groups is 2. The lowest BCUT2D eigenvalue weighted by Gasteiger charge is -2.30. The summed E-state index contributed by atoms with van der Waals surface area (Å²) in [6.07, 6.45) is 5.01. The number of ether oxygens (including phenoxy) is 1. The highest BCUT2D eigenvalue weighted by atomic mass is 16.6. The van der Waals surface area contributed by atoms with Crippen molar-refractivity contribution in [1.29, 1.82) is 0 Å². The number of anilines is 1. The first-order valence-corrected chi connectivity index (χ1v) is 14.5. The molecule has 0 radical (unpaired) electrons. The molecule has 0 spiro atoms. The van der Waals surface area contributed by atoms with Crippen LogP contribution in [0.25, 0.3) is 5.70 Å². The van der Waals surface area contributed by atoms with E-state index in [1.54, 1.807) is 22.0 Å². The van der Waals surface area contributed by atoms with Crippen molar-refractivity contribution in [3.05, 3.63) is 70.7 Å². The van der Waals surface area contributed by atoms with Gasteiger partial charge in [-0.25, -0.2) is 9.79 Å². The summed E-state index contributed by atoms with van der Waals surface area (Å²) in [7, 11) is 0. The number of fused-ring (bicyclic) bond motifs is 1. The SMILES string of the molecule is Cc1cc(C2=CC(Nc3cc4n(n3)CCN(C(=O)OC(C)(C)C)C4)=NCN2)ccc1CNC(=O)c1cnn(C(C)(C)C)c1. The molecule has 3 aromatic rings. The van der Waals surface area contributed by atoms with Crippen LogP contribution in [0.4, 0.5) is 10.6 Å². The third-order valence-electron chi connectivity index (χ3n) is 7.13. The molecule has 0 atom stereocenters. The first-order chi connectivity index (χ1) is 20.2. The summed E-state index contributed by atoms with van der Waals surface area (Å²) in [5.74, 6) is 1.21. The van der Waals surface area contributed by atoms with Gasteiger partial charge in [-0.05, 0) is 71.2 Å². The molecule has 2 amide bonds. The Balaban J connectivity index is 1.20. The molecule has 0 aliphatic carbocycles. The molecule has 228 valence electrons. The number of aryl methyl sites for hydroxylation is 1. The molecule has 0 bridgehead atoms. The zero-order valence-corrected chi connectivity index (χ0v) is 26.0. The van der Waals surface area contributed by atoms with Crippen LogP contribution in [0, 0.1) is 6.92 Å². The van der Waals surface area contributed by atoms with Crippen molar-refractivity contribution in [3.8, 4) is 0 Å². The van der Waals surface area contributed by atoms with Gasteiger partial charge in [-0.15, -0.1) is 0 Å². The molecule has 12 nitrogen and oxygen atoms in total. The minimum atomic E-state index is -0.536. The normalized spacial score (nSPS) is 15.2. The van der Waals surface area contributed by atoms with Gasteiger partial charge in [0.1, 0.15) is 18.1 Å². The van der Waals surface area contributed by atoms with Crippen molar-refractivity contribution in [3.63, 3.8) is 0 Å². The number of carbonyl (C=O) groups excluding carboxylic acids is 2. The highest BCUT2D eigenvalue weighted by Crippen LogP contribution is 2.22. The molecule has 12 heteroatoms. The number of benzene rings is 1. The molecule has 0 fully saturated rings. The van der Waals surface area contributed by atoms with Crippen molar-refractivity contribution in [2.24, 2.45) is 4.99 Å². The van der Waals surface area contributed by atoms with E-state index in [0.717, 1.165) is 28.1 Å². The summed E-state index contributed by atoms with van der Waals surface area (Å²) < 4.78 is 9.23. The van der Waals surface area contributed by atoms with Crippen molar-refractivity contribution < 1.29 is 14.3 Å². The molecule has 3 N–H and O–H groups in total. The standard InChI is InChI=1S/C31H41N9O3/c1-20-12-21(8-9-22(20)15-32-28(41)23-16-35-40(17-23)30(2,3)4)25-14-26(34-19-33-25)36-27-13-24-18-38(10-11-39(24)37-27)29(42)43-31(5,6)7/h8-9,12-14,16-17,33H,10-11,15,18-19H2,1-7H3,(H,32,41)(H,34,36,37). The predicted molar refractivity (Wildman–Crippen MR) is 165 cm³/mol. The maximum Gasteiger partial charge on any atom is 0.410 e. The Morgan fingerprint density at radius 2 is 1.88 bits per heavy atom. The maximum atomic E-state index is 12.7. The molecule has 2 aliphatic heterocycles. The number of amidine groups is 1. The van der Waals surface area contributed by atoms with Crippen molar-refractivity contribution in [2.75, 3.05) is 18.5 Å². The van der Waals surface area contributed by atoms with Crippen LogP contribution in [0.2, 0.25) is 0 Å². The number of nitrogens with zero attached hydrogens (tertiary/aromatic N) is 6. The van der Waals surface area contributed by atoms with E-state index in [4.69, 9.17) is 4.74 Å². The van der Waals surface area contributed by atoms with Gasteiger partial charge >= 0.3 is 6.09 Å². The fraction of sp³-hybridized carbons (Fsp3) is 0.452. The van der Waals surface area contributed by atoms with E-state index >= 15 is 0 Å². The predicted octanol–water partition coefficient (Wildman–Crippen LogP) is 4.24. The summed E-state index contributed by atoms with van der Waals surface area (Å²) >= 11 is 0. The molecule has 0 saturated heterocycles. The molecule has 2 aromatic heterocycles. The van der Waals surface area contributed by atoms with Gasteiger partial charge in [-0.3, -0.25) is 14.2 Å². The molecule has 1 aromatic carbocycles. The molecule has 0 unspecified atom stereocenters. The van der Waals surface area contributed by atoms with Gasteiger partial charge in [0.05, 0.1) is 36.1 Å². The number of aromatic nitrogens is 4. The Hall–Kier alpha value is -4.61. The van der Waals surface area contributed by atoms with Crippen LogP contribution in [-0.4, -0.2) is 61.1 Å². The minimum absolute atomic E-state index is 0.152. The molecule has 4 heterocycles. The zero-order valence-electron chi connectivity index (χ0n) is 26.0. The van der Waals surface area contributed by atoms with Crippen LogP contribution < -0.4 is 16.0 Å².